The molecule has 0 heterocycles. The van der Waals surface area contributed by atoms with Gasteiger partial charge in [-0.05, 0) is 41.0 Å². The predicted octanol–water partition coefficient (Wildman–Crippen LogP) is 4.79. The van der Waals surface area contributed by atoms with Gasteiger partial charge in [-0.15, -0.1) is 0 Å². The van der Waals surface area contributed by atoms with E-state index in [1.54, 1.807) is 12.1 Å². The maximum Gasteiger partial charge on any atom is 0.131 e. The van der Waals surface area contributed by atoms with Crippen LogP contribution in [0, 0.1) is 5.82 Å². The lowest BCUT2D eigenvalue weighted by molar-refractivity contribution is 0.627. The number of rotatable bonds is 2. The highest BCUT2D eigenvalue weighted by Gasteiger charge is 2.08. The number of hydrogen-bond donors (Lipinski definition) is 1. The number of nitrogen functional groups attached to an aromatic ring is 1. The zero-order valence-corrected chi connectivity index (χ0v) is 11.3. The lowest BCUT2D eigenvalue weighted by Crippen LogP contribution is -1.94. The number of hydrogen-bond acceptors (Lipinski definition) is 1. The fraction of sp³-hybridized carbons (Fsp3) is 0.250. The van der Waals surface area contributed by atoms with E-state index in [-0.39, 0.29) is 5.82 Å². The van der Waals surface area contributed by atoms with E-state index in [2.05, 4.69) is 6.58 Å². The van der Waals surface area contributed by atoms with Crippen LogP contribution in [0.15, 0.2) is 30.8 Å². The molecular formula is C16H20FN. The van der Waals surface area contributed by atoms with Gasteiger partial charge in [0.15, 0.2) is 0 Å². The number of halogens is 1. The molecule has 0 fully saturated rings. The summed E-state index contributed by atoms with van der Waals surface area (Å²) in [5.74, 6) is -0.234. The first-order valence-corrected chi connectivity index (χ1v) is 6.30. The molecule has 0 aliphatic carbocycles. The van der Waals surface area contributed by atoms with Gasteiger partial charge in [0, 0.05) is 11.3 Å². The van der Waals surface area contributed by atoms with E-state index in [0.29, 0.717) is 11.3 Å². The van der Waals surface area contributed by atoms with Gasteiger partial charge in [-0.2, -0.15) is 0 Å². The molecule has 0 aliphatic rings. The number of anilines is 1. The number of fused-ring (bicyclic) bond motifs is 1. The van der Waals surface area contributed by atoms with Crippen LogP contribution in [-0.2, 0) is 6.42 Å². The number of benzene rings is 2. The molecule has 1 nitrogen and oxygen atoms in total. The summed E-state index contributed by atoms with van der Waals surface area (Å²) in [4.78, 5) is 0. The van der Waals surface area contributed by atoms with Crippen molar-refractivity contribution in [3.05, 3.63) is 47.8 Å². The summed E-state index contributed by atoms with van der Waals surface area (Å²) in [6.45, 7) is 9.70. The molecule has 0 aliphatic heterocycles. The van der Waals surface area contributed by atoms with E-state index < -0.39 is 0 Å². The third-order valence-electron chi connectivity index (χ3n) is 2.79. The van der Waals surface area contributed by atoms with Crippen LogP contribution in [-0.4, -0.2) is 0 Å². The van der Waals surface area contributed by atoms with Crippen molar-refractivity contribution >= 4 is 22.5 Å². The second-order valence-electron chi connectivity index (χ2n) is 3.80. The molecule has 0 radical (unpaired) electrons. The molecular weight excluding hydrogens is 225 g/mol. The molecule has 0 bridgehead atoms. The molecule has 96 valence electrons. The summed E-state index contributed by atoms with van der Waals surface area (Å²) in [6.07, 6.45) is 2.39. The Bertz CT molecular complexity index is 559. The van der Waals surface area contributed by atoms with E-state index in [0.717, 1.165) is 22.8 Å². The van der Waals surface area contributed by atoms with Gasteiger partial charge in [-0.25, -0.2) is 4.39 Å². The van der Waals surface area contributed by atoms with Crippen LogP contribution in [0.3, 0.4) is 0 Å². The molecule has 0 saturated carbocycles. The first-order valence-electron chi connectivity index (χ1n) is 6.30. The molecule has 0 spiro atoms. The van der Waals surface area contributed by atoms with Crippen molar-refractivity contribution < 1.29 is 4.39 Å². The van der Waals surface area contributed by atoms with Gasteiger partial charge in [0.2, 0.25) is 0 Å². The van der Waals surface area contributed by atoms with Gasteiger partial charge in [-0.3, -0.25) is 0 Å². The average molecular weight is 245 g/mol. The molecule has 0 unspecified atom stereocenters. The summed E-state index contributed by atoms with van der Waals surface area (Å²) in [5.41, 5.74) is 8.15. The molecule has 0 aromatic heterocycles. The normalized spacial score (nSPS) is 9.78. The van der Waals surface area contributed by atoms with Crippen LogP contribution < -0.4 is 5.73 Å². The SMILES string of the molecule is C=Cc1c(F)ccc2cc(N)cc(CC)c12.CC. The first kappa shape index (κ1) is 14.2. The van der Waals surface area contributed by atoms with Crippen molar-refractivity contribution in [2.45, 2.75) is 27.2 Å². The third-order valence-corrected chi connectivity index (χ3v) is 2.79. The average Bonchev–Trinajstić information content (AvgIpc) is 2.40. The molecule has 0 atom stereocenters. The molecule has 18 heavy (non-hydrogen) atoms. The summed E-state index contributed by atoms with van der Waals surface area (Å²) >= 11 is 0. The first-order chi connectivity index (χ1) is 8.67. The standard InChI is InChI=1S/C14H14FN.C2H6/c1-3-9-7-11(16)8-10-5-6-13(15)12(4-2)14(9)10;1-2/h4-8H,2-3,16H2,1H3;1-2H3. The van der Waals surface area contributed by atoms with Gasteiger partial charge in [0.05, 0.1) is 0 Å². The highest BCUT2D eigenvalue weighted by Crippen LogP contribution is 2.29. The smallest absolute Gasteiger partial charge is 0.131 e. The van der Waals surface area contributed by atoms with E-state index in [4.69, 9.17) is 5.73 Å². The van der Waals surface area contributed by atoms with Crippen LogP contribution >= 0.6 is 0 Å². The van der Waals surface area contributed by atoms with Gasteiger partial charge >= 0.3 is 0 Å². The Morgan fingerprint density at radius 1 is 1.28 bits per heavy atom. The van der Waals surface area contributed by atoms with Crippen LogP contribution in [0.25, 0.3) is 16.8 Å². The Balaban J connectivity index is 0.000000771. The van der Waals surface area contributed by atoms with Crippen molar-refractivity contribution in [2.24, 2.45) is 0 Å². The lowest BCUT2D eigenvalue weighted by atomic mass is 9.96. The van der Waals surface area contributed by atoms with E-state index in [1.807, 2.05) is 32.9 Å². The monoisotopic (exact) mass is 245 g/mol. The molecule has 2 aromatic rings. The number of aryl methyl sites for hydroxylation is 1. The highest BCUT2D eigenvalue weighted by atomic mass is 19.1. The van der Waals surface area contributed by atoms with Crippen molar-refractivity contribution in [3.63, 3.8) is 0 Å². The fourth-order valence-electron chi connectivity index (χ4n) is 2.06. The van der Waals surface area contributed by atoms with Crippen molar-refractivity contribution in [2.75, 3.05) is 5.73 Å². The summed E-state index contributed by atoms with van der Waals surface area (Å²) < 4.78 is 13.6. The summed E-state index contributed by atoms with van der Waals surface area (Å²) in [7, 11) is 0. The van der Waals surface area contributed by atoms with Crippen molar-refractivity contribution in [3.8, 4) is 0 Å². The van der Waals surface area contributed by atoms with Crippen LogP contribution in [0.2, 0.25) is 0 Å². The van der Waals surface area contributed by atoms with Crippen molar-refractivity contribution in [1.29, 1.82) is 0 Å². The summed E-state index contributed by atoms with van der Waals surface area (Å²) in [5, 5.41) is 1.89. The molecule has 2 N–H and O–H groups in total. The van der Waals surface area contributed by atoms with Crippen LogP contribution in [0.1, 0.15) is 31.9 Å². The van der Waals surface area contributed by atoms with E-state index in [9.17, 15) is 4.39 Å². The molecule has 0 saturated heterocycles. The van der Waals surface area contributed by atoms with Crippen LogP contribution in [0.4, 0.5) is 10.1 Å². The zero-order valence-electron chi connectivity index (χ0n) is 11.3. The fourth-order valence-corrected chi connectivity index (χ4v) is 2.06. The Labute approximate surface area is 108 Å². The minimum absolute atomic E-state index is 0.234. The molecule has 2 aromatic carbocycles. The maximum atomic E-state index is 13.6. The quantitative estimate of drug-likeness (QED) is 0.756. The lowest BCUT2D eigenvalue weighted by Gasteiger charge is -2.10. The third kappa shape index (κ3) is 2.53. The predicted molar refractivity (Wildman–Crippen MR) is 79.1 cm³/mol. The van der Waals surface area contributed by atoms with E-state index in [1.165, 1.54) is 6.07 Å². The highest BCUT2D eigenvalue weighted by molar-refractivity contribution is 5.95. The minimum Gasteiger partial charge on any atom is -0.399 e. The summed E-state index contributed by atoms with van der Waals surface area (Å²) in [6, 6.07) is 6.97. The molecule has 0 amide bonds. The Hall–Kier alpha value is -1.83. The Kier molecular flexibility index (Phi) is 4.90. The van der Waals surface area contributed by atoms with Gasteiger partial charge in [0.1, 0.15) is 5.82 Å². The molecule has 2 rings (SSSR count). The number of nitrogens with two attached hydrogens (primary N) is 1. The van der Waals surface area contributed by atoms with Crippen molar-refractivity contribution in [1.82, 2.24) is 0 Å². The Morgan fingerprint density at radius 2 is 1.94 bits per heavy atom. The van der Waals surface area contributed by atoms with Gasteiger partial charge < -0.3 is 5.73 Å². The Morgan fingerprint density at radius 3 is 2.50 bits per heavy atom. The van der Waals surface area contributed by atoms with Gasteiger partial charge in [0.25, 0.3) is 0 Å². The zero-order chi connectivity index (χ0) is 13.7. The van der Waals surface area contributed by atoms with E-state index >= 15 is 0 Å². The van der Waals surface area contributed by atoms with Gasteiger partial charge in [-0.1, -0.05) is 39.5 Å². The molecule has 2 heteroatoms. The second kappa shape index (κ2) is 6.20. The van der Waals surface area contributed by atoms with Crippen LogP contribution in [0.5, 0.6) is 0 Å². The largest absolute Gasteiger partial charge is 0.399 e. The maximum absolute atomic E-state index is 13.6. The topological polar surface area (TPSA) is 26.0 Å². The second-order valence-corrected chi connectivity index (χ2v) is 3.80. The minimum atomic E-state index is -0.234.